The second-order valence-corrected chi connectivity index (χ2v) is 6.71. The van der Waals surface area contributed by atoms with Gasteiger partial charge in [0.1, 0.15) is 0 Å². The third-order valence-electron chi connectivity index (χ3n) is 3.26. The summed E-state index contributed by atoms with van der Waals surface area (Å²) in [4.78, 5) is 10.6. The summed E-state index contributed by atoms with van der Waals surface area (Å²) < 4.78 is 27.1. The Morgan fingerprint density at radius 2 is 2.15 bits per heavy atom. The fourth-order valence-electron chi connectivity index (χ4n) is 1.96. The number of hydrogen-bond acceptors (Lipinski definition) is 3. The quantitative estimate of drug-likeness (QED) is 0.785. The van der Waals surface area contributed by atoms with Gasteiger partial charge in [0.25, 0.3) is 0 Å². The average Bonchev–Trinajstić information content (AvgIpc) is 3.20. The topological polar surface area (TPSA) is 83.5 Å². The van der Waals surface area contributed by atoms with Gasteiger partial charge in [0.2, 0.25) is 10.0 Å². The number of aliphatic carboxylic acids is 1. The van der Waals surface area contributed by atoms with Gasteiger partial charge in [0.15, 0.2) is 0 Å². The molecule has 6 heteroatoms. The monoisotopic (exact) mass is 295 g/mol. The molecule has 1 atom stereocenters. The largest absolute Gasteiger partial charge is 0.478 e. The Balaban J connectivity index is 2.18. The van der Waals surface area contributed by atoms with Crippen molar-refractivity contribution in [2.75, 3.05) is 0 Å². The summed E-state index contributed by atoms with van der Waals surface area (Å²) in [7, 11) is -3.56. The molecule has 0 heterocycles. The van der Waals surface area contributed by atoms with Gasteiger partial charge in [0, 0.05) is 12.1 Å². The highest BCUT2D eigenvalue weighted by molar-refractivity contribution is 7.89. The fourth-order valence-corrected chi connectivity index (χ4v) is 3.33. The minimum atomic E-state index is -3.56. The average molecular weight is 295 g/mol. The standard InChI is InChI=1S/C14H17NO4S/c1-10(12-6-7-12)15-20(18,19)13-4-2-3-11(9-13)5-8-14(16)17/h2-5,8-10,12,15H,6-7H2,1H3,(H,16,17). The maximum Gasteiger partial charge on any atom is 0.328 e. The third kappa shape index (κ3) is 3.91. The van der Waals surface area contributed by atoms with Gasteiger partial charge in [-0.3, -0.25) is 0 Å². The van der Waals surface area contributed by atoms with E-state index in [4.69, 9.17) is 5.11 Å². The molecular weight excluding hydrogens is 278 g/mol. The number of carbonyl (C=O) groups is 1. The highest BCUT2D eigenvalue weighted by Gasteiger charge is 2.31. The molecule has 1 unspecified atom stereocenters. The van der Waals surface area contributed by atoms with Crippen LogP contribution < -0.4 is 4.72 Å². The van der Waals surface area contributed by atoms with Crippen LogP contribution in [0.1, 0.15) is 25.3 Å². The maximum atomic E-state index is 12.2. The first-order valence-corrected chi connectivity index (χ1v) is 7.90. The number of carboxylic acid groups (broad SMARTS) is 1. The van der Waals surface area contributed by atoms with Crippen molar-refractivity contribution in [1.82, 2.24) is 4.72 Å². The van der Waals surface area contributed by atoms with Crippen molar-refractivity contribution in [3.63, 3.8) is 0 Å². The van der Waals surface area contributed by atoms with Gasteiger partial charge < -0.3 is 5.11 Å². The van der Waals surface area contributed by atoms with E-state index in [0.29, 0.717) is 11.5 Å². The molecule has 1 aliphatic carbocycles. The van der Waals surface area contributed by atoms with Crippen LogP contribution in [-0.4, -0.2) is 25.5 Å². The molecule has 0 amide bonds. The SMILES string of the molecule is CC(NS(=O)(=O)c1cccc(C=CC(=O)O)c1)C1CC1. The number of carboxylic acids is 1. The van der Waals surface area contributed by atoms with Crippen molar-refractivity contribution < 1.29 is 18.3 Å². The van der Waals surface area contributed by atoms with Crippen molar-refractivity contribution in [2.45, 2.75) is 30.7 Å². The molecule has 1 saturated carbocycles. The molecule has 1 aromatic rings. The molecule has 20 heavy (non-hydrogen) atoms. The van der Waals surface area contributed by atoms with Gasteiger partial charge in [0.05, 0.1) is 4.90 Å². The van der Waals surface area contributed by atoms with Crippen molar-refractivity contribution >= 4 is 22.1 Å². The second kappa shape index (κ2) is 5.76. The summed E-state index contributed by atoms with van der Waals surface area (Å²) in [6.07, 6.45) is 4.47. The van der Waals surface area contributed by atoms with Gasteiger partial charge in [-0.05, 0) is 49.5 Å². The van der Waals surface area contributed by atoms with E-state index in [1.807, 2.05) is 6.92 Å². The Kier molecular flexibility index (Phi) is 4.25. The summed E-state index contributed by atoms with van der Waals surface area (Å²) >= 11 is 0. The van der Waals surface area contributed by atoms with Crippen LogP contribution in [0, 0.1) is 5.92 Å². The van der Waals surface area contributed by atoms with Crippen LogP contribution in [0.3, 0.4) is 0 Å². The van der Waals surface area contributed by atoms with Crippen molar-refractivity contribution in [3.8, 4) is 0 Å². The lowest BCUT2D eigenvalue weighted by Crippen LogP contribution is -2.34. The predicted octanol–water partition coefficient (Wildman–Crippen LogP) is 1.86. The molecule has 0 bridgehead atoms. The number of rotatable bonds is 6. The van der Waals surface area contributed by atoms with Crippen LogP contribution in [0.15, 0.2) is 35.2 Å². The summed E-state index contributed by atoms with van der Waals surface area (Å²) in [6, 6.07) is 6.14. The molecular formula is C14H17NO4S. The zero-order valence-electron chi connectivity index (χ0n) is 11.1. The van der Waals surface area contributed by atoms with E-state index in [1.54, 1.807) is 12.1 Å². The van der Waals surface area contributed by atoms with Crippen LogP contribution in [0.2, 0.25) is 0 Å². The Labute approximate surface area is 118 Å². The summed E-state index contributed by atoms with van der Waals surface area (Å²) in [6.45, 7) is 1.86. The zero-order valence-corrected chi connectivity index (χ0v) is 11.9. The van der Waals surface area contributed by atoms with E-state index < -0.39 is 16.0 Å². The number of sulfonamides is 1. The molecule has 2 rings (SSSR count). The van der Waals surface area contributed by atoms with Crippen LogP contribution in [0.25, 0.3) is 6.08 Å². The van der Waals surface area contributed by atoms with Crippen LogP contribution >= 0.6 is 0 Å². The van der Waals surface area contributed by atoms with E-state index in [0.717, 1.165) is 18.9 Å². The highest BCUT2D eigenvalue weighted by Crippen LogP contribution is 2.33. The molecule has 5 nitrogen and oxygen atoms in total. The molecule has 0 radical (unpaired) electrons. The Hall–Kier alpha value is -1.66. The van der Waals surface area contributed by atoms with Crippen LogP contribution in [0.5, 0.6) is 0 Å². The first kappa shape index (κ1) is 14.7. The predicted molar refractivity (Wildman–Crippen MR) is 75.6 cm³/mol. The first-order chi connectivity index (χ1) is 9.38. The molecule has 0 aliphatic heterocycles. The maximum absolute atomic E-state index is 12.2. The second-order valence-electron chi connectivity index (χ2n) is 4.99. The van der Waals surface area contributed by atoms with Gasteiger partial charge in [-0.25, -0.2) is 17.9 Å². The molecule has 0 spiro atoms. The molecule has 0 aromatic heterocycles. The Morgan fingerprint density at radius 3 is 2.75 bits per heavy atom. The zero-order chi connectivity index (χ0) is 14.8. The van der Waals surface area contributed by atoms with Crippen LogP contribution in [0.4, 0.5) is 0 Å². The smallest absolute Gasteiger partial charge is 0.328 e. The van der Waals surface area contributed by atoms with Gasteiger partial charge in [-0.2, -0.15) is 0 Å². The van der Waals surface area contributed by atoms with Crippen molar-refractivity contribution in [3.05, 3.63) is 35.9 Å². The van der Waals surface area contributed by atoms with Gasteiger partial charge in [-0.1, -0.05) is 12.1 Å². The minimum Gasteiger partial charge on any atom is -0.478 e. The van der Waals surface area contributed by atoms with Gasteiger partial charge in [-0.15, -0.1) is 0 Å². The minimum absolute atomic E-state index is 0.0711. The molecule has 2 N–H and O–H groups in total. The highest BCUT2D eigenvalue weighted by atomic mass is 32.2. The summed E-state index contributed by atoms with van der Waals surface area (Å²) in [5.41, 5.74) is 0.536. The lowest BCUT2D eigenvalue weighted by molar-refractivity contribution is -0.131. The van der Waals surface area contributed by atoms with Crippen molar-refractivity contribution in [1.29, 1.82) is 0 Å². The number of hydrogen-bond donors (Lipinski definition) is 2. The lowest BCUT2D eigenvalue weighted by atomic mass is 10.2. The first-order valence-electron chi connectivity index (χ1n) is 6.42. The lowest BCUT2D eigenvalue weighted by Gasteiger charge is -2.13. The summed E-state index contributed by atoms with van der Waals surface area (Å²) in [5.74, 6) is -0.640. The molecule has 0 saturated heterocycles. The molecule has 1 aliphatic rings. The Bertz CT molecular complexity index is 632. The summed E-state index contributed by atoms with van der Waals surface area (Å²) in [5, 5.41) is 8.57. The molecule has 1 fully saturated rings. The Morgan fingerprint density at radius 1 is 1.45 bits per heavy atom. The van der Waals surface area contributed by atoms with E-state index in [2.05, 4.69) is 4.72 Å². The normalized spacial score (nSPS) is 17.2. The van der Waals surface area contributed by atoms with E-state index in [-0.39, 0.29) is 10.9 Å². The molecule has 1 aromatic carbocycles. The number of nitrogens with one attached hydrogen (secondary N) is 1. The number of benzene rings is 1. The third-order valence-corrected chi connectivity index (χ3v) is 4.81. The van der Waals surface area contributed by atoms with E-state index in [9.17, 15) is 13.2 Å². The van der Waals surface area contributed by atoms with Gasteiger partial charge >= 0.3 is 5.97 Å². The fraction of sp³-hybridized carbons (Fsp3) is 0.357. The van der Waals surface area contributed by atoms with E-state index >= 15 is 0 Å². The van der Waals surface area contributed by atoms with E-state index in [1.165, 1.54) is 18.2 Å². The van der Waals surface area contributed by atoms with Crippen molar-refractivity contribution in [2.24, 2.45) is 5.92 Å². The van der Waals surface area contributed by atoms with Crippen LogP contribution in [-0.2, 0) is 14.8 Å². The molecule has 108 valence electrons.